The van der Waals surface area contributed by atoms with Crippen molar-refractivity contribution in [2.45, 2.75) is 12.4 Å². The zero-order valence-corrected chi connectivity index (χ0v) is 12.4. The van der Waals surface area contributed by atoms with Crippen LogP contribution in [0.4, 0.5) is 30.7 Å². The van der Waals surface area contributed by atoms with Gasteiger partial charge < -0.3 is 4.74 Å². The summed E-state index contributed by atoms with van der Waals surface area (Å²) in [5.41, 5.74) is 0.0711. The minimum Gasteiger partial charge on any atom is -0.466 e. The topological polar surface area (TPSA) is 52.3 Å². The van der Waals surface area contributed by atoms with Gasteiger partial charge in [0.2, 0.25) is 5.82 Å². The molecule has 5 nitrogen and oxygen atoms in total. The number of ether oxygens (including phenoxy) is 1. The van der Waals surface area contributed by atoms with E-state index in [0.29, 0.717) is 4.40 Å². The number of nitrogens with zero attached hydrogens (tertiary/aromatic N) is 4. The van der Waals surface area contributed by atoms with Crippen molar-refractivity contribution in [1.29, 1.82) is 0 Å². The van der Waals surface area contributed by atoms with Crippen molar-refractivity contribution in [2.24, 2.45) is 0 Å². The van der Waals surface area contributed by atoms with Crippen molar-refractivity contribution in [1.82, 2.24) is 19.6 Å². The fourth-order valence-electron chi connectivity index (χ4n) is 2.09. The molecule has 0 spiro atoms. The highest BCUT2D eigenvalue weighted by molar-refractivity contribution is 5.64. The molecule has 0 atom stereocenters. The molecule has 0 aliphatic heterocycles. The Hall–Kier alpha value is -2.92. The van der Waals surface area contributed by atoms with Crippen molar-refractivity contribution in [3.8, 4) is 17.0 Å². The molecule has 0 unspecified atom stereocenters. The van der Waals surface area contributed by atoms with Crippen LogP contribution < -0.4 is 4.74 Å². The average molecular weight is 380 g/mol. The molecule has 12 heteroatoms. The van der Waals surface area contributed by atoms with Gasteiger partial charge in [0.15, 0.2) is 18.1 Å². The van der Waals surface area contributed by atoms with Crippen molar-refractivity contribution in [2.75, 3.05) is 6.61 Å². The maximum Gasteiger partial charge on any atom is 0.452 e. The van der Waals surface area contributed by atoms with Gasteiger partial charge in [-0.05, 0) is 18.2 Å². The zero-order chi connectivity index (χ0) is 19.1. The van der Waals surface area contributed by atoms with E-state index in [9.17, 15) is 30.7 Å². The van der Waals surface area contributed by atoms with Gasteiger partial charge in [-0.15, -0.1) is 10.2 Å². The molecule has 0 saturated carbocycles. The van der Waals surface area contributed by atoms with Crippen LogP contribution in [0.25, 0.3) is 16.8 Å². The second-order valence-corrected chi connectivity index (χ2v) is 5.08. The van der Waals surface area contributed by atoms with Crippen LogP contribution in [-0.2, 0) is 6.18 Å². The van der Waals surface area contributed by atoms with Crippen LogP contribution in [-0.4, -0.2) is 32.4 Å². The van der Waals surface area contributed by atoms with Gasteiger partial charge >= 0.3 is 12.4 Å². The number of halogens is 7. The summed E-state index contributed by atoms with van der Waals surface area (Å²) in [4.78, 5) is 3.44. The van der Waals surface area contributed by atoms with E-state index < -0.39 is 36.5 Å². The van der Waals surface area contributed by atoms with E-state index in [1.807, 2.05) is 0 Å². The second kappa shape index (κ2) is 6.11. The second-order valence-electron chi connectivity index (χ2n) is 5.08. The molecule has 0 fully saturated rings. The third-order valence-corrected chi connectivity index (χ3v) is 3.17. The first-order valence-corrected chi connectivity index (χ1v) is 6.82. The molecule has 3 aromatic rings. The fourth-order valence-corrected chi connectivity index (χ4v) is 2.09. The fraction of sp³-hybridized carbons (Fsp3) is 0.214. The molecule has 3 heterocycles. The maximum atomic E-state index is 13.9. The Morgan fingerprint density at radius 3 is 2.35 bits per heavy atom. The van der Waals surface area contributed by atoms with Gasteiger partial charge in [-0.3, -0.25) is 4.40 Å². The van der Waals surface area contributed by atoms with Crippen molar-refractivity contribution in [3.63, 3.8) is 0 Å². The summed E-state index contributed by atoms with van der Waals surface area (Å²) in [6, 6.07) is 3.37. The Morgan fingerprint density at radius 2 is 1.73 bits per heavy atom. The number of rotatable bonds is 3. The lowest BCUT2D eigenvalue weighted by Crippen LogP contribution is -2.20. The van der Waals surface area contributed by atoms with Crippen LogP contribution in [0.3, 0.4) is 0 Å². The maximum absolute atomic E-state index is 13.9. The van der Waals surface area contributed by atoms with Crippen molar-refractivity contribution < 1.29 is 35.5 Å². The van der Waals surface area contributed by atoms with Gasteiger partial charge in [0.05, 0.1) is 0 Å². The van der Waals surface area contributed by atoms with E-state index in [2.05, 4.69) is 19.9 Å². The van der Waals surface area contributed by atoms with Gasteiger partial charge in [0.25, 0.3) is 5.88 Å². The lowest BCUT2D eigenvalue weighted by Gasteiger charge is -2.10. The van der Waals surface area contributed by atoms with Crippen molar-refractivity contribution in [3.05, 3.63) is 42.2 Å². The molecule has 0 bridgehead atoms. The van der Waals surface area contributed by atoms with Gasteiger partial charge in [0, 0.05) is 23.5 Å². The summed E-state index contributed by atoms with van der Waals surface area (Å²) >= 11 is 0. The Labute approximate surface area is 140 Å². The molecule has 3 aromatic heterocycles. The third kappa shape index (κ3) is 3.68. The Morgan fingerprint density at radius 1 is 1.00 bits per heavy atom. The molecule has 0 saturated heterocycles. The van der Waals surface area contributed by atoms with E-state index in [4.69, 9.17) is 0 Å². The summed E-state index contributed by atoms with van der Waals surface area (Å²) in [5.74, 6) is -3.33. The Balaban J connectivity index is 1.95. The van der Waals surface area contributed by atoms with Crippen LogP contribution in [0.2, 0.25) is 0 Å². The van der Waals surface area contributed by atoms with Gasteiger partial charge in [-0.25, -0.2) is 9.37 Å². The summed E-state index contributed by atoms with van der Waals surface area (Å²) in [7, 11) is 0. The van der Waals surface area contributed by atoms with Crippen LogP contribution in [0.15, 0.2) is 30.6 Å². The molecule has 0 amide bonds. The number of fused-ring (bicyclic) bond motifs is 1. The first-order valence-electron chi connectivity index (χ1n) is 6.82. The van der Waals surface area contributed by atoms with Crippen LogP contribution in [0, 0.1) is 5.82 Å². The van der Waals surface area contributed by atoms with Crippen LogP contribution in [0.5, 0.6) is 5.88 Å². The summed E-state index contributed by atoms with van der Waals surface area (Å²) in [6.07, 6.45) is -7.42. The first-order chi connectivity index (χ1) is 12.0. The van der Waals surface area contributed by atoms with E-state index in [1.165, 1.54) is 12.1 Å². The quantitative estimate of drug-likeness (QED) is 0.647. The minimum atomic E-state index is -4.75. The first kappa shape index (κ1) is 17.9. The highest BCUT2D eigenvalue weighted by Crippen LogP contribution is 2.30. The Bertz CT molecular complexity index is 949. The molecule has 0 aliphatic rings. The minimum absolute atomic E-state index is 0.0329. The van der Waals surface area contributed by atoms with Crippen LogP contribution >= 0.6 is 0 Å². The zero-order valence-electron chi connectivity index (χ0n) is 12.4. The van der Waals surface area contributed by atoms with Crippen LogP contribution in [0.1, 0.15) is 5.82 Å². The average Bonchev–Trinajstić information content (AvgIpc) is 2.96. The summed E-state index contributed by atoms with van der Waals surface area (Å²) in [5, 5.41) is 6.43. The number of aromatic nitrogens is 4. The molecule has 0 aromatic carbocycles. The van der Waals surface area contributed by atoms with E-state index in [-0.39, 0.29) is 16.8 Å². The SMILES string of the molecule is Fc1cc(-c2ccc3nnc(C(F)(F)F)n3c2)cnc1OCC(F)(F)F. The standard InChI is InChI=1S/C14H7F7N4O/c15-9-3-8(4-22-11(9)26-6-13(16,17)18)7-1-2-10-23-24-12(14(19,20)21)25(10)5-7/h1-5H,6H2. The van der Waals surface area contributed by atoms with Crippen molar-refractivity contribution >= 4 is 5.65 Å². The lowest BCUT2D eigenvalue weighted by atomic mass is 10.1. The lowest BCUT2D eigenvalue weighted by molar-refractivity contribution is -0.154. The molecular formula is C14H7F7N4O. The highest BCUT2D eigenvalue weighted by Gasteiger charge is 2.37. The van der Waals surface area contributed by atoms with Gasteiger partial charge in [0.1, 0.15) is 0 Å². The number of alkyl halides is 6. The predicted octanol–water partition coefficient (Wildman–Crippen LogP) is 3.89. The van der Waals surface area contributed by atoms with Gasteiger partial charge in [-0.2, -0.15) is 26.3 Å². The Kier molecular flexibility index (Phi) is 4.20. The molecule has 3 rings (SSSR count). The smallest absolute Gasteiger partial charge is 0.452 e. The van der Waals surface area contributed by atoms with E-state index in [0.717, 1.165) is 18.5 Å². The number of hydrogen-bond donors (Lipinski definition) is 0. The molecule has 138 valence electrons. The van der Waals surface area contributed by atoms with E-state index >= 15 is 0 Å². The normalized spacial score (nSPS) is 12.6. The predicted molar refractivity (Wildman–Crippen MR) is 72.7 cm³/mol. The number of pyridine rings is 2. The van der Waals surface area contributed by atoms with Gasteiger partial charge in [-0.1, -0.05) is 0 Å². The largest absolute Gasteiger partial charge is 0.466 e. The van der Waals surface area contributed by atoms with E-state index in [1.54, 1.807) is 0 Å². The summed E-state index contributed by atoms with van der Waals surface area (Å²) in [6.45, 7) is -1.72. The number of hydrogen-bond acceptors (Lipinski definition) is 4. The molecule has 26 heavy (non-hydrogen) atoms. The molecular weight excluding hydrogens is 373 g/mol. The molecule has 0 aliphatic carbocycles. The monoisotopic (exact) mass is 380 g/mol. The molecule has 0 radical (unpaired) electrons. The third-order valence-electron chi connectivity index (χ3n) is 3.17. The summed E-state index contributed by atoms with van der Waals surface area (Å²) < 4.78 is 93.7. The highest BCUT2D eigenvalue weighted by atomic mass is 19.4. The molecule has 0 N–H and O–H groups in total.